The first-order valence-corrected chi connectivity index (χ1v) is 9.17. The van der Waals surface area contributed by atoms with Crippen molar-refractivity contribution in [3.8, 4) is 5.75 Å². The molecule has 0 aliphatic heterocycles. The number of halogens is 1. The van der Waals surface area contributed by atoms with Gasteiger partial charge in [-0.3, -0.25) is 9.69 Å². The molecule has 26 heavy (non-hydrogen) atoms. The summed E-state index contributed by atoms with van der Waals surface area (Å²) in [6.45, 7) is 2.47. The lowest BCUT2D eigenvalue weighted by molar-refractivity contribution is -0.125. The van der Waals surface area contributed by atoms with Gasteiger partial charge in [0.15, 0.2) is 0 Å². The first kappa shape index (κ1) is 20.5. The fourth-order valence-electron chi connectivity index (χ4n) is 3.66. The molecular weight excluding hydrogens is 346 g/mol. The SMILES string of the molecule is COc1ccccc1CN(Cc1ccccc1)CC1CCCCC1=O.Cl. The number of para-hydroxylation sites is 1. The number of Topliss-reactive ketones (excluding diaryl/α,β-unsaturated/α-hetero) is 1. The molecule has 0 saturated heterocycles. The van der Waals surface area contributed by atoms with Gasteiger partial charge in [-0.15, -0.1) is 12.4 Å². The zero-order chi connectivity index (χ0) is 17.5. The number of carbonyl (C=O) groups is 1. The Balaban J connectivity index is 0.00000243. The molecule has 140 valence electrons. The normalized spacial score (nSPS) is 17.0. The number of nitrogens with zero attached hydrogens (tertiary/aromatic N) is 1. The number of ether oxygens (including phenoxy) is 1. The Hall–Kier alpha value is -1.84. The molecule has 1 aliphatic carbocycles. The number of ketones is 1. The Morgan fingerprint density at radius 1 is 1.00 bits per heavy atom. The van der Waals surface area contributed by atoms with E-state index >= 15 is 0 Å². The molecule has 1 saturated carbocycles. The van der Waals surface area contributed by atoms with Gasteiger partial charge in [-0.1, -0.05) is 55.0 Å². The maximum atomic E-state index is 12.3. The third-order valence-corrected chi connectivity index (χ3v) is 5.00. The number of hydrogen-bond acceptors (Lipinski definition) is 3. The number of carbonyl (C=O) groups excluding carboxylic acids is 1. The van der Waals surface area contributed by atoms with E-state index in [1.54, 1.807) is 7.11 Å². The molecule has 0 radical (unpaired) electrons. The minimum atomic E-state index is 0. The van der Waals surface area contributed by atoms with Gasteiger partial charge in [0, 0.05) is 37.5 Å². The smallest absolute Gasteiger partial charge is 0.137 e. The Morgan fingerprint density at radius 2 is 1.73 bits per heavy atom. The van der Waals surface area contributed by atoms with Crippen LogP contribution in [0.2, 0.25) is 0 Å². The average molecular weight is 374 g/mol. The Kier molecular flexibility index (Phi) is 8.14. The first-order valence-electron chi connectivity index (χ1n) is 9.17. The van der Waals surface area contributed by atoms with Crippen LogP contribution in [0.3, 0.4) is 0 Å². The molecule has 4 heteroatoms. The van der Waals surface area contributed by atoms with Crippen molar-refractivity contribution in [1.82, 2.24) is 4.90 Å². The molecule has 0 aromatic heterocycles. The van der Waals surface area contributed by atoms with Gasteiger partial charge in [-0.25, -0.2) is 0 Å². The summed E-state index contributed by atoms with van der Waals surface area (Å²) >= 11 is 0. The topological polar surface area (TPSA) is 29.5 Å². The maximum Gasteiger partial charge on any atom is 0.137 e. The van der Waals surface area contributed by atoms with Crippen LogP contribution in [0.1, 0.15) is 36.8 Å². The first-order chi connectivity index (χ1) is 12.3. The van der Waals surface area contributed by atoms with Crippen molar-refractivity contribution in [2.75, 3.05) is 13.7 Å². The fraction of sp³-hybridized carbons (Fsp3) is 0.409. The molecule has 0 amide bonds. The Bertz CT molecular complexity index is 690. The Labute approximate surface area is 162 Å². The second kappa shape index (κ2) is 10.3. The van der Waals surface area contributed by atoms with Crippen molar-refractivity contribution < 1.29 is 9.53 Å². The molecule has 0 N–H and O–H groups in total. The molecule has 2 aromatic rings. The lowest BCUT2D eigenvalue weighted by Gasteiger charge is -2.29. The predicted octanol–water partition coefficient (Wildman–Crippen LogP) is 4.88. The van der Waals surface area contributed by atoms with E-state index in [2.05, 4.69) is 35.2 Å². The minimum absolute atomic E-state index is 0. The zero-order valence-corrected chi connectivity index (χ0v) is 16.2. The summed E-state index contributed by atoms with van der Waals surface area (Å²) in [5.74, 6) is 1.52. The van der Waals surface area contributed by atoms with Gasteiger partial charge in [-0.05, 0) is 24.5 Å². The van der Waals surface area contributed by atoms with Gasteiger partial charge in [0.1, 0.15) is 11.5 Å². The molecule has 0 heterocycles. The highest BCUT2D eigenvalue weighted by Crippen LogP contribution is 2.25. The molecule has 1 aliphatic rings. The van der Waals surface area contributed by atoms with Crippen LogP contribution in [0.15, 0.2) is 54.6 Å². The quantitative estimate of drug-likeness (QED) is 0.692. The standard InChI is InChI=1S/C22H27NO2.ClH/c1-25-22-14-8-6-12-20(22)17-23(15-18-9-3-2-4-10-18)16-19-11-5-7-13-21(19)24;/h2-4,6,8-10,12,14,19H,5,7,11,13,15-17H2,1H3;1H. The van der Waals surface area contributed by atoms with Crippen molar-refractivity contribution in [3.63, 3.8) is 0 Å². The lowest BCUT2D eigenvalue weighted by atomic mass is 9.87. The second-order valence-electron chi connectivity index (χ2n) is 6.88. The van der Waals surface area contributed by atoms with E-state index < -0.39 is 0 Å². The summed E-state index contributed by atoms with van der Waals surface area (Å²) in [4.78, 5) is 14.7. The molecule has 1 unspecified atom stereocenters. The summed E-state index contributed by atoms with van der Waals surface area (Å²) in [5, 5.41) is 0. The third kappa shape index (κ3) is 5.58. The van der Waals surface area contributed by atoms with E-state index in [9.17, 15) is 4.79 Å². The minimum Gasteiger partial charge on any atom is -0.496 e. The summed E-state index contributed by atoms with van der Waals surface area (Å²) in [5.41, 5.74) is 2.45. The summed E-state index contributed by atoms with van der Waals surface area (Å²) in [7, 11) is 1.71. The van der Waals surface area contributed by atoms with E-state index in [1.165, 1.54) is 17.5 Å². The number of benzene rings is 2. The van der Waals surface area contributed by atoms with E-state index in [-0.39, 0.29) is 18.3 Å². The van der Waals surface area contributed by atoms with E-state index in [1.807, 2.05) is 24.3 Å². The van der Waals surface area contributed by atoms with E-state index in [0.29, 0.717) is 5.78 Å². The zero-order valence-electron chi connectivity index (χ0n) is 15.4. The van der Waals surface area contributed by atoms with Crippen LogP contribution < -0.4 is 4.74 Å². The van der Waals surface area contributed by atoms with Gasteiger partial charge < -0.3 is 4.74 Å². The van der Waals surface area contributed by atoms with Gasteiger partial charge in [0.2, 0.25) is 0 Å². The van der Waals surface area contributed by atoms with Crippen LogP contribution in [0.4, 0.5) is 0 Å². The highest BCUT2D eigenvalue weighted by molar-refractivity contribution is 5.85. The maximum absolute atomic E-state index is 12.3. The largest absolute Gasteiger partial charge is 0.496 e. The van der Waals surface area contributed by atoms with Crippen LogP contribution in [0, 0.1) is 5.92 Å². The van der Waals surface area contributed by atoms with E-state index in [0.717, 1.165) is 44.6 Å². The highest BCUT2D eigenvalue weighted by Gasteiger charge is 2.25. The van der Waals surface area contributed by atoms with Crippen LogP contribution in [0.25, 0.3) is 0 Å². The van der Waals surface area contributed by atoms with Gasteiger partial charge >= 0.3 is 0 Å². The van der Waals surface area contributed by atoms with Gasteiger partial charge in [-0.2, -0.15) is 0 Å². The number of hydrogen-bond donors (Lipinski definition) is 0. The molecule has 2 aromatic carbocycles. The molecule has 1 atom stereocenters. The van der Waals surface area contributed by atoms with Crippen LogP contribution in [-0.4, -0.2) is 24.3 Å². The molecule has 3 rings (SSSR count). The second-order valence-corrected chi connectivity index (χ2v) is 6.88. The van der Waals surface area contributed by atoms with E-state index in [4.69, 9.17) is 4.74 Å². The van der Waals surface area contributed by atoms with Gasteiger partial charge in [0.25, 0.3) is 0 Å². The molecular formula is C22H28ClNO2. The molecule has 0 spiro atoms. The van der Waals surface area contributed by atoms with Crippen molar-refractivity contribution >= 4 is 18.2 Å². The molecule has 1 fully saturated rings. The van der Waals surface area contributed by atoms with Crippen molar-refractivity contribution in [1.29, 1.82) is 0 Å². The van der Waals surface area contributed by atoms with Crippen molar-refractivity contribution in [3.05, 3.63) is 65.7 Å². The predicted molar refractivity (Wildman–Crippen MR) is 108 cm³/mol. The summed E-state index contributed by atoms with van der Waals surface area (Å²) < 4.78 is 5.51. The molecule has 0 bridgehead atoms. The number of rotatable bonds is 7. The van der Waals surface area contributed by atoms with Gasteiger partial charge in [0.05, 0.1) is 7.11 Å². The van der Waals surface area contributed by atoms with Crippen LogP contribution in [0.5, 0.6) is 5.75 Å². The van der Waals surface area contributed by atoms with Crippen molar-refractivity contribution in [2.45, 2.75) is 38.8 Å². The summed E-state index contributed by atoms with van der Waals surface area (Å²) in [6, 6.07) is 18.6. The number of methoxy groups -OCH3 is 1. The molecule has 3 nitrogen and oxygen atoms in total. The lowest BCUT2D eigenvalue weighted by Crippen LogP contribution is -2.34. The monoisotopic (exact) mass is 373 g/mol. The van der Waals surface area contributed by atoms with Crippen LogP contribution in [-0.2, 0) is 17.9 Å². The average Bonchev–Trinajstić information content (AvgIpc) is 2.65. The van der Waals surface area contributed by atoms with Crippen molar-refractivity contribution in [2.24, 2.45) is 5.92 Å². The fourth-order valence-corrected chi connectivity index (χ4v) is 3.66. The highest BCUT2D eigenvalue weighted by atomic mass is 35.5. The third-order valence-electron chi connectivity index (χ3n) is 5.00. The Morgan fingerprint density at radius 3 is 2.46 bits per heavy atom. The summed E-state index contributed by atoms with van der Waals surface area (Å²) in [6.07, 6.45) is 4.00. The van der Waals surface area contributed by atoms with Crippen LogP contribution >= 0.6 is 12.4 Å².